The van der Waals surface area contributed by atoms with E-state index in [0.29, 0.717) is 28.8 Å². The lowest BCUT2D eigenvalue weighted by atomic mass is 10.1. The van der Waals surface area contributed by atoms with Crippen LogP contribution in [-0.2, 0) is 6.54 Å². The fraction of sp³-hybridized carbons (Fsp3) is 0.286. The lowest BCUT2D eigenvalue weighted by molar-refractivity contribution is -0.418. The minimum Gasteiger partial charge on any atom is -0.465 e. The molecule has 1 rings (SSSR count). The molecule has 0 saturated heterocycles. The van der Waals surface area contributed by atoms with Crippen molar-refractivity contribution in [3.63, 3.8) is 0 Å². The summed E-state index contributed by atoms with van der Waals surface area (Å²) in [5.74, 6) is 0. The van der Waals surface area contributed by atoms with Gasteiger partial charge in [0.25, 0.3) is 5.70 Å². The molecule has 1 N–H and O–H groups in total. The fourth-order valence-electron chi connectivity index (χ4n) is 1.61. The largest absolute Gasteiger partial charge is 0.465 e. The maximum absolute atomic E-state index is 10.8. The van der Waals surface area contributed by atoms with Gasteiger partial charge in [-0.2, -0.15) is 5.10 Å². The van der Waals surface area contributed by atoms with Gasteiger partial charge >= 0.3 is 6.09 Å². The summed E-state index contributed by atoms with van der Waals surface area (Å²) in [6.07, 6.45) is 5.35. The van der Waals surface area contributed by atoms with Crippen LogP contribution in [0.1, 0.15) is 12.6 Å². The third-order valence-electron chi connectivity index (χ3n) is 2.98. The van der Waals surface area contributed by atoms with Crippen LogP contribution >= 0.6 is 15.9 Å². The molecule has 1 aromatic heterocycles. The summed E-state index contributed by atoms with van der Waals surface area (Å²) in [5, 5.41) is 23.7. The minimum atomic E-state index is -1.01. The smallest absolute Gasteiger partial charge is 0.407 e. The monoisotopic (exact) mass is 384 g/mol. The van der Waals surface area contributed by atoms with Crippen molar-refractivity contribution >= 4 is 27.6 Å². The number of hydrogen-bond acceptors (Lipinski definition) is 4. The molecule has 1 amide bonds. The molecular weight excluding hydrogens is 368 g/mol. The standard InChI is InChI=1S/C14H17BrN4O4/c1-4-11(6-5-10(2)19(22)23)13-12(15)9-18(16-13)8-7-17(3)14(20)21/h4-6,9H,2,7-8H2,1,3H3,(H,20,21)/b6-5-,11-4+. The zero-order chi connectivity index (χ0) is 17.6. The molecule has 9 heteroatoms. The van der Waals surface area contributed by atoms with Crippen LogP contribution in [0.25, 0.3) is 5.57 Å². The SMILES string of the molecule is C=C(/C=C\C(=C/C)c1nn(CCN(C)C(=O)O)cc1Br)[N+](=O)[O-]. The molecule has 0 spiro atoms. The average molecular weight is 385 g/mol. The van der Waals surface area contributed by atoms with Gasteiger partial charge in [0.1, 0.15) is 5.69 Å². The minimum absolute atomic E-state index is 0.219. The van der Waals surface area contributed by atoms with E-state index in [2.05, 4.69) is 27.6 Å². The Hall–Kier alpha value is -2.42. The summed E-state index contributed by atoms with van der Waals surface area (Å²) in [5.41, 5.74) is 1.08. The third-order valence-corrected chi connectivity index (χ3v) is 3.56. The number of amides is 1. The lowest BCUT2D eigenvalue weighted by Crippen LogP contribution is -2.28. The van der Waals surface area contributed by atoms with E-state index in [-0.39, 0.29) is 5.70 Å². The molecule has 0 atom stereocenters. The number of carboxylic acid groups (broad SMARTS) is 1. The van der Waals surface area contributed by atoms with Crippen LogP contribution in [0.15, 0.2) is 41.2 Å². The summed E-state index contributed by atoms with van der Waals surface area (Å²) in [6, 6.07) is 0. The normalized spacial score (nSPS) is 11.7. The molecule has 0 saturated carbocycles. The van der Waals surface area contributed by atoms with E-state index < -0.39 is 11.0 Å². The zero-order valence-electron chi connectivity index (χ0n) is 12.8. The number of hydrogen-bond donors (Lipinski definition) is 1. The predicted octanol–water partition coefficient (Wildman–Crippen LogP) is 3.01. The average Bonchev–Trinajstić information content (AvgIpc) is 2.86. The Kier molecular flexibility index (Phi) is 6.70. The van der Waals surface area contributed by atoms with Crippen LogP contribution in [0, 0.1) is 10.1 Å². The van der Waals surface area contributed by atoms with Crippen molar-refractivity contribution in [3.05, 3.63) is 57.0 Å². The van der Waals surface area contributed by atoms with Crippen molar-refractivity contribution in [2.75, 3.05) is 13.6 Å². The molecule has 23 heavy (non-hydrogen) atoms. The number of halogens is 1. The first-order chi connectivity index (χ1) is 10.8. The zero-order valence-corrected chi connectivity index (χ0v) is 14.4. The molecule has 124 valence electrons. The number of nitro groups is 1. The Morgan fingerprint density at radius 1 is 1.61 bits per heavy atom. The summed E-state index contributed by atoms with van der Waals surface area (Å²) < 4.78 is 2.32. The summed E-state index contributed by atoms with van der Waals surface area (Å²) >= 11 is 3.39. The maximum atomic E-state index is 10.8. The van der Waals surface area contributed by atoms with Gasteiger partial charge in [-0.3, -0.25) is 14.8 Å². The molecule has 0 unspecified atom stereocenters. The quantitative estimate of drug-likeness (QED) is 0.442. The van der Waals surface area contributed by atoms with Crippen molar-refractivity contribution in [2.45, 2.75) is 13.5 Å². The van der Waals surface area contributed by atoms with Crippen molar-refractivity contribution in [1.82, 2.24) is 14.7 Å². The summed E-state index contributed by atoms with van der Waals surface area (Å²) in [4.78, 5) is 21.9. The molecule has 1 heterocycles. The van der Waals surface area contributed by atoms with Crippen molar-refractivity contribution in [3.8, 4) is 0 Å². The van der Waals surface area contributed by atoms with Gasteiger partial charge in [0.2, 0.25) is 0 Å². The van der Waals surface area contributed by atoms with E-state index >= 15 is 0 Å². The molecule has 8 nitrogen and oxygen atoms in total. The van der Waals surface area contributed by atoms with Gasteiger partial charge in [0.05, 0.1) is 15.9 Å². The van der Waals surface area contributed by atoms with Crippen LogP contribution in [0.2, 0.25) is 0 Å². The summed E-state index contributed by atoms with van der Waals surface area (Å²) in [6.45, 7) is 5.81. The van der Waals surface area contributed by atoms with Crippen LogP contribution < -0.4 is 0 Å². The molecule has 0 aliphatic heterocycles. The van der Waals surface area contributed by atoms with E-state index in [9.17, 15) is 14.9 Å². The highest BCUT2D eigenvalue weighted by Crippen LogP contribution is 2.24. The van der Waals surface area contributed by atoms with Crippen molar-refractivity contribution in [2.24, 2.45) is 0 Å². The number of aromatic nitrogens is 2. The maximum Gasteiger partial charge on any atom is 0.407 e. The van der Waals surface area contributed by atoms with Gasteiger partial charge in [-0.15, -0.1) is 0 Å². The topological polar surface area (TPSA) is 102 Å². The van der Waals surface area contributed by atoms with E-state index in [1.165, 1.54) is 13.1 Å². The first-order valence-corrected chi connectivity index (χ1v) is 7.40. The van der Waals surface area contributed by atoms with Crippen LogP contribution in [0.4, 0.5) is 4.79 Å². The highest BCUT2D eigenvalue weighted by atomic mass is 79.9. The molecular formula is C14H17BrN4O4. The Bertz CT molecular complexity index is 678. The van der Waals surface area contributed by atoms with Gasteiger partial charge in [-0.05, 0) is 41.1 Å². The van der Waals surface area contributed by atoms with E-state index in [4.69, 9.17) is 5.11 Å². The first-order valence-electron chi connectivity index (χ1n) is 6.61. The molecule has 0 bridgehead atoms. The predicted molar refractivity (Wildman–Crippen MR) is 89.5 cm³/mol. The van der Waals surface area contributed by atoms with E-state index in [0.717, 1.165) is 4.90 Å². The molecule has 1 aromatic rings. The van der Waals surface area contributed by atoms with Crippen LogP contribution in [0.5, 0.6) is 0 Å². The van der Waals surface area contributed by atoms with E-state index in [1.807, 2.05) is 0 Å². The highest BCUT2D eigenvalue weighted by Gasteiger charge is 2.12. The molecule has 0 aliphatic rings. The Morgan fingerprint density at radius 2 is 2.26 bits per heavy atom. The van der Waals surface area contributed by atoms with Crippen molar-refractivity contribution < 1.29 is 14.8 Å². The Balaban J connectivity index is 2.89. The fourth-order valence-corrected chi connectivity index (χ4v) is 2.16. The van der Waals surface area contributed by atoms with Crippen molar-refractivity contribution in [1.29, 1.82) is 0 Å². The number of carbonyl (C=O) groups is 1. The molecule has 0 fully saturated rings. The third kappa shape index (κ3) is 5.37. The highest BCUT2D eigenvalue weighted by molar-refractivity contribution is 9.10. The number of rotatable bonds is 7. The second kappa shape index (κ2) is 8.28. The van der Waals surface area contributed by atoms with Gasteiger partial charge in [0, 0.05) is 25.9 Å². The van der Waals surface area contributed by atoms with Gasteiger partial charge in [-0.1, -0.05) is 6.08 Å². The second-order valence-electron chi connectivity index (χ2n) is 4.62. The van der Waals surface area contributed by atoms with Crippen LogP contribution in [-0.4, -0.2) is 44.4 Å². The number of likely N-dealkylation sites (N-methyl/N-ethyl adjacent to an activating group) is 1. The van der Waals surface area contributed by atoms with Gasteiger partial charge < -0.3 is 10.0 Å². The second-order valence-corrected chi connectivity index (χ2v) is 5.47. The Morgan fingerprint density at radius 3 is 2.78 bits per heavy atom. The van der Waals surface area contributed by atoms with E-state index in [1.54, 1.807) is 30.0 Å². The van der Waals surface area contributed by atoms with Crippen LogP contribution in [0.3, 0.4) is 0 Å². The number of allylic oxidation sites excluding steroid dienone is 4. The summed E-state index contributed by atoms with van der Waals surface area (Å²) in [7, 11) is 1.48. The molecule has 0 aromatic carbocycles. The first kappa shape index (κ1) is 18.6. The molecule has 0 radical (unpaired) electrons. The van der Waals surface area contributed by atoms with Gasteiger partial charge in [-0.25, -0.2) is 4.79 Å². The number of nitrogens with zero attached hydrogens (tertiary/aromatic N) is 4. The van der Waals surface area contributed by atoms with Gasteiger partial charge in [0.15, 0.2) is 0 Å². The Labute approximate surface area is 141 Å². The molecule has 0 aliphatic carbocycles. The lowest BCUT2D eigenvalue weighted by Gasteiger charge is -2.12.